The van der Waals surface area contributed by atoms with E-state index in [2.05, 4.69) is 39.7 Å². The van der Waals surface area contributed by atoms with Crippen LogP contribution < -0.4 is 15.4 Å². The van der Waals surface area contributed by atoms with Gasteiger partial charge in [0.1, 0.15) is 11.6 Å². The highest BCUT2D eigenvalue weighted by Crippen LogP contribution is 2.22. The number of nitrogens with zero attached hydrogens (tertiary/aromatic N) is 2. The number of hydrogen-bond donors (Lipinski definition) is 2. The van der Waals surface area contributed by atoms with E-state index in [1.54, 1.807) is 7.11 Å². The van der Waals surface area contributed by atoms with Gasteiger partial charge in [-0.2, -0.15) is 4.98 Å². The minimum absolute atomic E-state index is 0.118. The number of anilines is 3. The van der Waals surface area contributed by atoms with E-state index in [9.17, 15) is 0 Å². The van der Waals surface area contributed by atoms with Gasteiger partial charge in [0, 0.05) is 23.5 Å². The molecule has 0 radical (unpaired) electrons. The molecule has 0 fully saturated rings. The summed E-state index contributed by atoms with van der Waals surface area (Å²) in [7, 11) is 1.65. The Hall–Kier alpha value is -3.08. The third-order valence-corrected chi connectivity index (χ3v) is 3.84. The molecule has 0 spiro atoms. The number of nitrogens with one attached hydrogen (secondary N) is 2. The van der Waals surface area contributed by atoms with E-state index in [-0.39, 0.29) is 6.04 Å². The van der Waals surface area contributed by atoms with E-state index < -0.39 is 0 Å². The first-order chi connectivity index (χ1) is 12.1. The molecule has 0 saturated carbocycles. The van der Waals surface area contributed by atoms with Crippen LogP contribution in [0.3, 0.4) is 0 Å². The number of ether oxygens (including phenoxy) is 1. The molecule has 0 amide bonds. The molecule has 5 nitrogen and oxygen atoms in total. The van der Waals surface area contributed by atoms with Crippen molar-refractivity contribution in [1.29, 1.82) is 0 Å². The minimum atomic E-state index is 0.118. The average Bonchev–Trinajstić information content (AvgIpc) is 2.62. The van der Waals surface area contributed by atoms with Crippen molar-refractivity contribution in [2.24, 2.45) is 0 Å². The van der Waals surface area contributed by atoms with E-state index >= 15 is 0 Å². The van der Waals surface area contributed by atoms with Crippen LogP contribution in [0.15, 0.2) is 60.7 Å². The smallest absolute Gasteiger partial charge is 0.225 e. The Kier molecular flexibility index (Phi) is 5.14. The Morgan fingerprint density at radius 2 is 1.76 bits per heavy atom. The number of rotatable bonds is 6. The lowest BCUT2D eigenvalue weighted by molar-refractivity contribution is 0.415. The summed E-state index contributed by atoms with van der Waals surface area (Å²) in [4.78, 5) is 9.06. The molecule has 0 aliphatic heterocycles. The summed E-state index contributed by atoms with van der Waals surface area (Å²) in [5, 5.41) is 6.66. The highest BCUT2D eigenvalue weighted by Gasteiger charge is 2.08. The van der Waals surface area contributed by atoms with Crippen molar-refractivity contribution >= 4 is 17.5 Å². The lowest BCUT2D eigenvalue weighted by Crippen LogP contribution is -2.10. The van der Waals surface area contributed by atoms with Crippen LogP contribution in [-0.4, -0.2) is 17.1 Å². The van der Waals surface area contributed by atoms with Crippen LogP contribution in [0.25, 0.3) is 0 Å². The molecule has 0 bridgehead atoms. The second-order valence-corrected chi connectivity index (χ2v) is 5.85. The van der Waals surface area contributed by atoms with Gasteiger partial charge in [-0.3, -0.25) is 0 Å². The van der Waals surface area contributed by atoms with Crippen LogP contribution >= 0.6 is 0 Å². The molecule has 25 heavy (non-hydrogen) atoms. The van der Waals surface area contributed by atoms with Crippen molar-refractivity contribution < 1.29 is 4.74 Å². The molecule has 3 rings (SSSR count). The van der Waals surface area contributed by atoms with Gasteiger partial charge >= 0.3 is 0 Å². The highest BCUT2D eigenvalue weighted by atomic mass is 16.5. The predicted molar refractivity (Wildman–Crippen MR) is 102 cm³/mol. The molecular weight excluding hydrogens is 312 g/mol. The molecule has 0 aliphatic carbocycles. The van der Waals surface area contributed by atoms with Gasteiger partial charge in [-0.15, -0.1) is 0 Å². The zero-order valence-electron chi connectivity index (χ0n) is 14.7. The molecule has 1 atom stereocenters. The number of benzene rings is 2. The number of aryl methyl sites for hydroxylation is 1. The summed E-state index contributed by atoms with van der Waals surface area (Å²) >= 11 is 0. The van der Waals surface area contributed by atoms with Crippen LogP contribution in [0, 0.1) is 6.92 Å². The monoisotopic (exact) mass is 334 g/mol. The molecule has 0 saturated heterocycles. The van der Waals surface area contributed by atoms with Crippen LogP contribution in [0.1, 0.15) is 24.2 Å². The Morgan fingerprint density at radius 3 is 2.52 bits per heavy atom. The third kappa shape index (κ3) is 4.47. The molecule has 1 heterocycles. The number of aromatic nitrogens is 2. The van der Waals surface area contributed by atoms with Crippen LogP contribution in [0.2, 0.25) is 0 Å². The molecule has 1 aromatic heterocycles. The summed E-state index contributed by atoms with van der Waals surface area (Å²) in [5.74, 6) is 2.14. The zero-order chi connectivity index (χ0) is 17.6. The van der Waals surface area contributed by atoms with Gasteiger partial charge in [0.05, 0.1) is 13.2 Å². The van der Waals surface area contributed by atoms with Crippen molar-refractivity contribution in [3.63, 3.8) is 0 Å². The Morgan fingerprint density at radius 1 is 0.960 bits per heavy atom. The van der Waals surface area contributed by atoms with Gasteiger partial charge in [-0.1, -0.05) is 36.4 Å². The fourth-order valence-corrected chi connectivity index (χ4v) is 2.56. The second-order valence-electron chi connectivity index (χ2n) is 5.85. The largest absolute Gasteiger partial charge is 0.497 e. The van der Waals surface area contributed by atoms with Crippen LogP contribution in [0.4, 0.5) is 17.5 Å². The van der Waals surface area contributed by atoms with Gasteiger partial charge < -0.3 is 15.4 Å². The van der Waals surface area contributed by atoms with Crippen molar-refractivity contribution in [2.75, 3.05) is 17.7 Å². The Bertz CT molecular complexity index is 836. The summed E-state index contributed by atoms with van der Waals surface area (Å²) in [6, 6.07) is 20.0. The third-order valence-electron chi connectivity index (χ3n) is 3.84. The Labute approximate surface area is 148 Å². The maximum atomic E-state index is 5.26. The summed E-state index contributed by atoms with van der Waals surface area (Å²) < 4.78 is 5.26. The van der Waals surface area contributed by atoms with Crippen molar-refractivity contribution in [3.05, 3.63) is 71.9 Å². The van der Waals surface area contributed by atoms with Crippen LogP contribution in [0.5, 0.6) is 5.75 Å². The van der Waals surface area contributed by atoms with E-state index in [1.165, 1.54) is 5.56 Å². The quantitative estimate of drug-likeness (QED) is 0.683. The molecule has 2 aromatic carbocycles. The van der Waals surface area contributed by atoms with Gasteiger partial charge in [0.2, 0.25) is 5.95 Å². The van der Waals surface area contributed by atoms with Crippen molar-refractivity contribution in [3.8, 4) is 5.75 Å². The molecule has 2 N–H and O–H groups in total. The summed E-state index contributed by atoms with van der Waals surface area (Å²) in [5.41, 5.74) is 3.00. The molecule has 128 valence electrons. The maximum absolute atomic E-state index is 5.26. The first kappa shape index (κ1) is 16.8. The molecule has 0 aliphatic rings. The van der Waals surface area contributed by atoms with E-state index in [4.69, 9.17) is 4.74 Å². The molecular formula is C20H22N4O. The SMILES string of the molecule is COc1cccc(Nc2cc(C)nc(NC(C)c3ccccc3)n2)c1. The lowest BCUT2D eigenvalue weighted by Gasteiger charge is -2.15. The zero-order valence-corrected chi connectivity index (χ0v) is 14.7. The Balaban J connectivity index is 1.78. The second kappa shape index (κ2) is 7.66. The fourth-order valence-electron chi connectivity index (χ4n) is 2.56. The predicted octanol–water partition coefficient (Wildman–Crippen LogP) is 4.71. The lowest BCUT2D eigenvalue weighted by atomic mass is 10.1. The first-order valence-corrected chi connectivity index (χ1v) is 8.22. The van der Waals surface area contributed by atoms with E-state index in [0.29, 0.717) is 5.95 Å². The fraction of sp³-hybridized carbons (Fsp3) is 0.200. The number of hydrogen-bond acceptors (Lipinski definition) is 5. The van der Waals surface area contributed by atoms with E-state index in [1.807, 2.05) is 55.5 Å². The van der Waals surface area contributed by atoms with E-state index in [0.717, 1.165) is 22.9 Å². The van der Waals surface area contributed by atoms with Crippen LogP contribution in [-0.2, 0) is 0 Å². The average molecular weight is 334 g/mol. The number of methoxy groups -OCH3 is 1. The van der Waals surface area contributed by atoms with Gasteiger partial charge in [0.15, 0.2) is 0 Å². The summed E-state index contributed by atoms with van der Waals surface area (Å²) in [6.07, 6.45) is 0. The highest BCUT2D eigenvalue weighted by molar-refractivity contribution is 5.59. The topological polar surface area (TPSA) is 59.1 Å². The normalized spacial score (nSPS) is 11.6. The minimum Gasteiger partial charge on any atom is -0.497 e. The first-order valence-electron chi connectivity index (χ1n) is 8.22. The molecule has 5 heteroatoms. The van der Waals surface area contributed by atoms with Gasteiger partial charge in [-0.05, 0) is 31.5 Å². The maximum Gasteiger partial charge on any atom is 0.225 e. The van der Waals surface area contributed by atoms with Gasteiger partial charge in [0.25, 0.3) is 0 Å². The van der Waals surface area contributed by atoms with Crippen molar-refractivity contribution in [2.45, 2.75) is 19.9 Å². The van der Waals surface area contributed by atoms with Gasteiger partial charge in [-0.25, -0.2) is 4.98 Å². The van der Waals surface area contributed by atoms with Crippen molar-refractivity contribution in [1.82, 2.24) is 9.97 Å². The molecule has 3 aromatic rings. The molecule has 1 unspecified atom stereocenters. The summed E-state index contributed by atoms with van der Waals surface area (Å²) in [6.45, 7) is 4.05. The standard InChI is InChI=1S/C20H22N4O/c1-14-12-19(23-17-10-7-11-18(13-17)25-3)24-20(21-14)22-15(2)16-8-5-4-6-9-16/h4-13,15H,1-3H3,(H2,21,22,23,24).